The van der Waals surface area contributed by atoms with E-state index < -0.39 is 10.8 Å². The maximum Gasteiger partial charge on any atom is 0.315 e. The van der Waals surface area contributed by atoms with Gasteiger partial charge in [0.05, 0.1) is 6.54 Å². The lowest BCUT2D eigenvalue weighted by molar-refractivity contribution is 0.232. The molecule has 0 aromatic carbocycles. The SMILES string of the molecule is CC[S@@](=O)[C@H]1CCC[C@H](NC(=O)NCc2cccn2C)C1. The lowest BCUT2D eigenvalue weighted by Gasteiger charge is -2.29. The summed E-state index contributed by atoms with van der Waals surface area (Å²) in [7, 11) is 1.20. The molecular weight excluding hydrogens is 286 g/mol. The first-order valence-corrected chi connectivity index (χ1v) is 9.00. The highest BCUT2D eigenvalue weighted by Gasteiger charge is 2.26. The number of amides is 2. The molecule has 118 valence electrons. The van der Waals surface area contributed by atoms with E-state index in [1.54, 1.807) is 0 Å². The van der Waals surface area contributed by atoms with Crippen LogP contribution < -0.4 is 10.6 Å². The zero-order valence-corrected chi connectivity index (χ0v) is 13.6. The summed E-state index contributed by atoms with van der Waals surface area (Å²) >= 11 is 0. The van der Waals surface area contributed by atoms with Crippen molar-refractivity contribution in [2.45, 2.75) is 50.4 Å². The van der Waals surface area contributed by atoms with Crippen LogP contribution in [0.3, 0.4) is 0 Å². The third kappa shape index (κ3) is 4.59. The number of carbonyl (C=O) groups is 1. The van der Waals surface area contributed by atoms with E-state index in [0.29, 0.717) is 12.3 Å². The maximum atomic E-state index is 12.0. The molecule has 6 heteroatoms. The highest BCUT2D eigenvalue weighted by Crippen LogP contribution is 2.22. The molecule has 2 amide bonds. The number of nitrogens with one attached hydrogen (secondary N) is 2. The van der Waals surface area contributed by atoms with Gasteiger partial charge in [0.25, 0.3) is 0 Å². The van der Waals surface area contributed by atoms with Gasteiger partial charge in [0.15, 0.2) is 0 Å². The van der Waals surface area contributed by atoms with Gasteiger partial charge in [0.1, 0.15) is 0 Å². The van der Waals surface area contributed by atoms with Crippen molar-refractivity contribution in [1.82, 2.24) is 15.2 Å². The number of carbonyl (C=O) groups excluding carboxylic acids is 1. The van der Waals surface area contributed by atoms with Crippen molar-refractivity contribution in [1.29, 1.82) is 0 Å². The van der Waals surface area contributed by atoms with Gasteiger partial charge in [0.2, 0.25) is 0 Å². The molecule has 1 fully saturated rings. The van der Waals surface area contributed by atoms with Crippen LogP contribution in [0.25, 0.3) is 0 Å². The Hall–Kier alpha value is -1.30. The minimum Gasteiger partial charge on any atom is -0.353 e. The Morgan fingerprint density at radius 1 is 1.48 bits per heavy atom. The van der Waals surface area contributed by atoms with Crippen molar-refractivity contribution in [3.8, 4) is 0 Å². The number of rotatable bonds is 5. The highest BCUT2D eigenvalue weighted by atomic mass is 32.2. The molecule has 1 aromatic rings. The van der Waals surface area contributed by atoms with E-state index in [9.17, 15) is 9.00 Å². The van der Waals surface area contributed by atoms with Crippen LogP contribution in [0, 0.1) is 0 Å². The van der Waals surface area contributed by atoms with E-state index in [4.69, 9.17) is 0 Å². The van der Waals surface area contributed by atoms with Crippen molar-refractivity contribution in [2.75, 3.05) is 5.75 Å². The molecule has 1 saturated carbocycles. The lowest BCUT2D eigenvalue weighted by atomic mass is 9.95. The molecule has 1 aromatic heterocycles. The first kappa shape index (κ1) is 16.1. The second-order valence-corrected chi connectivity index (χ2v) is 7.60. The number of hydrogen-bond acceptors (Lipinski definition) is 2. The topological polar surface area (TPSA) is 63.1 Å². The molecule has 0 aliphatic heterocycles. The van der Waals surface area contributed by atoms with Gasteiger partial charge in [-0.15, -0.1) is 0 Å². The van der Waals surface area contributed by atoms with Crippen molar-refractivity contribution in [3.63, 3.8) is 0 Å². The first-order chi connectivity index (χ1) is 10.1. The lowest BCUT2D eigenvalue weighted by Crippen LogP contribution is -2.45. The molecule has 1 aliphatic rings. The molecule has 1 heterocycles. The van der Waals surface area contributed by atoms with E-state index in [2.05, 4.69) is 10.6 Å². The van der Waals surface area contributed by atoms with Gasteiger partial charge >= 0.3 is 6.03 Å². The zero-order chi connectivity index (χ0) is 15.2. The van der Waals surface area contributed by atoms with Crippen LogP contribution in [0.15, 0.2) is 18.3 Å². The first-order valence-electron chi connectivity index (χ1n) is 7.62. The normalized spacial score (nSPS) is 23.5. The number of nitrogens with zero attached hydrogens (tertiary/aromatic N) is 1. The van der Waals surface area contributed by atoms with Crippen molar-refractivity contribution in [2.24, 2.45) is 7.05 Å². The van der Waals surface area contributed by atoms with Crippen LogP contribution in [0.5, 0.6) is 0 Å². The number of aromatic nitrogens is 1. The van der Waals surface area contributed by atoms with Gasteiger partial charge in [-0.25, -0.2) is 4.79 Å². The molecule has 0 saturated heterocycles. The molecule has 21 heavy (non-hydrogen) atoms. The monoisotopic (exact) mass is 311 g/mol. The molecule has 0 unspecified atom stereocenters. The van der Waals surface area contributed by atoms with Crippen LogP contribution in [-0.4, -0.2) is 31.9 Å². The molecule has 0 bridgehead atoms. The summed E-state index contributed by atoms with van der Waals surface area (Å²) in [4.78, 5) is 12.0. The summed E-state index contributed by atoms with van der Waals surface area (Å²) in [5, 5.41) is 6.14. The predicted octanol–water partition coefficient (Wildman–Crippen LogP) is 1.90. The van der Waals surface area contributed by atoms with Crippen molar-refractivity contribution < 1.29 is 9.00 Å². The smallest absolute Gasteiger partial charge is 0.315 e. The third-order valence-electron chi connectivity index (χ3n) is 4.10. The van der Waals surface area contributed by atoms with Crippen molar-refractivity contribution in [3.05, 3.63) is 24.0 Å². The van der Waals surface area contributed by atoms with Crippen LogP contribution in [-0.2, 0) is 24.4 Å². The van der Waals surface area contributed by atoms with E-state index in [0.717, 1.165) is 31.4 Å². The van der Waals surface area contributed by atoms with E-state index in [1.807, 2.05) is 36.9 Å². The molecule has 2 rings (SSSR count). The standard InChI is InChI=1S/C15H25N3O2S/c1-3-21(20)14-8-4-6-12(10-14)17-15(19)16-11-13-7-5-9-18(13)2/h5,7,9,12,14H,3-4,6,8,10-11H2,1-2H3,(H2,16,17,19)/t12-,14-,21+/m0/s1. The number of aryl methyl sites for hydroxylation is 1. The summed E-state index contributed by atoms with van der Waals surface area (Å²) in [5.41, 5.74) is 1.07. The molecular formula is C15H25N3O2S. The van der Waals surface area contributed by atoms with E-state index in [1.165, 1.54) is 0 Å². The predicted molar refractivity (Wildman–Crippen MR) is 85.5 cm³/mol. The molecule has 2 N–H and O–H groups in total. The third-order valence-corrected chi connectivity index (χ3v) is 5.84. The average Bonchev–Trinajstić information content (AvgIpc) is 2.90. The maximum absolute atomic E-state index is 12.0. The van der Waals surface area contributed by atoms with Crippen LogP contribution in [0.1, 0.15) is 38.3 Å². The fourth-order valence-corrected chi connectivity index (χ4v) is 4.19. The number of hydrogen-bond donors (Lipinski definition) is 2. The fraction of sp³-hybridized carbons (Fsp3) is 0.667. The molecule has 1 aliphatic carbocycles. The van der Waals surface area contributed by atoms with Gasteiger partial charge in [-0.2, -0.15) is 0 Å². The summed E-state index contributed by atoms with van der Waals surface area (Å²) < 4.78 is 13.9. The van der Waals surface area contributed by atoms with Crippen LogP contribution in [0.2, 0.25) is 0 Å². The van der Waals surface area contributed by atoms with Gasteiger partial charge in [-0.1, -0.05) is 13.3 Å². The Labute approximate surface area is 128 Å². The Kier molecular flexibility index (Phi) is 5.85. The second-order valence-electron chi connectivity index (χ2n) is 5.59. The Balaban J connectivity index is 1.77. The minimum atomic E-state index is -0.755. The zero-order valence-electron chi connectivity index (χ0n) is 12.8. The van der Waals surface area contributed by atoms with Gasteiger partial charge in [-0.3, -0.25) is 4.21 Å². The fourth-order valence-electron chi connectivity index (χ4n) is 2.84. The van der Waals surface area contributed by atoms with Crippen LogP contribution >= 0.6 is 0 Å². The Morgan fingerprint density at radius 3 is 2.95 bits per heavy atom. The number of urea groups is 1. The summed E-state index contributed by atoms with van der Waals surface area (Å²) in [6, 6.07) is 3.96. The van der Waals surface area contributed by atoms with Gasteiger partial charge in [-0.05, 0) is 31.4 Å². The summed E-state index contributed by atoms with van der Waals surface area (Å²) in [6.07, 6.45) is 5.83. The largest absolute Gasteiger partial charge is 0.353 e. The molecule has 5 nitrogen and oxygen atoms in total. The molecule has 0 radical (unpaired) electrons. The summed E-state index contributed by atoms with van der Waals surface area (Å²) in [6.45, 7) is 2.48. The minimum absolute atomic E-state index is 0.135. The van der Waals surface area contributed by atoms with Crippen LogP contribution in [0.4, 0.5) is 4.79 Å². The Bertz CT molecular complexity index is 501. The molecule has 0 spiro atoms. The molecule has 3 atom stereocenters. The Morgan fingerprint density at radius 2 is 2.29 bits per heavy atom. The van der Waals surface area contributed by atoms with E-state index in [-0.39, 0.29) is 17.3 Å². The van der Waals surface area contributed by atoms with Gasteiger partial charge < -0.3 is 15.2 Å². The highest BCUT2D eigenvalue weighted by molar-refractivity contribution is 7.85. The average molecular weight is 311 g/mol. The van der Waals surface area contributed by atoms with E-state index >= 15 is 0 Å². The second kappa shape index (κ2) is 7.64. The van der Waals surface area contributed by atoms with Crippen molar-refractivity contribution >= 4 is 16.8 Å². The summed E-state index contributed by atoms with van der Waals surface area (Å²) in [5.74, 6) is 0.705. The quantitative estimate of drug-likeness (QED) is 0.872. The van der Waals surface area contributed by atoms with Gasteiger partial charge in [0, 0.05) is 46.8 Å².